The second kappa shape index (κ2) is 3.56. The molecule has 1 heterocycles. The molecule has 0 amide bonds. The van der Waals surface area contributed by atoms with Gasteiger partial charge < -0.3 is 0 Å². The van der Waals surface area contributed by atoms with Crippen molar-refractivity contribution in [1.29, 1.82) is 0 Å². The molecule has 8 nitrogen and oxygen atoms in total. The molecule has 0 saturated carbocycles. The van der Waals surface area contributed by atoms with Crippen molar-refractivity contribution in [2.75, 3.05) is 6.54 Å². The summed E-state index contributed by atoms with van der Waals surface area (Å²) in [5.41, 5.74) is 0. The summed E-state index contributed by atoms with van der Waals surface area (Å²) in [6.07, 6.45) is 2.35. The van der Waals surface area contributed by atoms with Gasteiger partial charge in [-0.3, -0.25) is 4.55 Å². The van der Waals surface area contributed by atoms with Gasteiger partial charge >= 0.3 is 10.3 Å². The summed E-state index contributed by atoms with van der Waals surface area (Å²) in [6.45, 7) is 0.229. The van der Waals surface area contributed by atoms with E-state index in [9.17, 15) is 8.42 Å². The maximum absolute atomic E-state index is 10.1. The first-order chi connectivity index (χ1) is 5.58. The smallest absolute Gasteiger partial charge is 0.273 e. The molecule has 1 radical (unpaired) electrons. The lowest BCUT2D eigenvalue weighted by Gasteiger charge is -1.98. The van der Waals surface area contributed by atoms with Crippen LogP contribution in [-0.2, 0) is 16.8 Å². The Morgan fingerprint density at radius 2 is 2.33 bits per heavy atom. The third-order valence-electron chi connectivity index (χ3n) is 0.961. The third kappa shape index (κ3) is 3.37. The molecule has 0 aromatic carbocycles. The lowest BCUT2D eigenvalue weighted by molar-refractivity contribution is 0.461. The van der Waals surface area contributed by atoms with Crippen LogP contribution in [0.15, 0.2) is 0 Å². The highest BCUT2D eigenvalue weighted by atomic mass is 32.2. The van der Waals surface area contributed by atoms with Crippen molar-refractivity contribution in [2.24, 2.45) is 0 Å². The van der Waals surface area contributed by atoms with Crippen molar-refractivity contribution >= 4 is 10.3 Å². The van der Waals surface area contributed by atoms with Gasteiger partial charge in [-0.2, -0.15) is 13.1 Å². The molecule has 0 bridgehead atoms. The topological polar surface area (TPSA) is 110 Å². The van der Waals surface area contributed by atoms with Crippen LogP contribution in [0.1, 0.15) is 0 Å². The minimum Gasteiger partial charge on any atom is -0.273 e. The van der Waals surface area contributed by atoms with Crippen molar-refractivity contribution in [2.45, 2.75) is 6.54 Å². The molecule has 12 heavy (non-hydrogen) atoms. The lowest BCUT2D eigenvalue weighted by Crippen LogP contribution is -2.26. The average molecular weight is 192 g/mol. The van der Waals surface area contributed by atoms with Crippen molar-refractivity contribution in [3.8, 4) is 0 Å². The SMILES string of the molecule is O=S(=O)(O)NCCn1[c]nnn1. The summed E-state index contributed by atoms with van der Waals surface area (Å²) < 4.78 is 31.6. The summed E-state index contributed by atoms with van der Waals surface area (Å²) in [5, 5.41) is 9.90. The molecule has 0 aliphatic heterocycles. The Bertz CT molecular complexity index is 318. The molecule has 9 heteroatoms. The molecule has 2 N–H and O–H groups in total. The van der Waals surface area contributed by atoms with Gasteiger partial charge in [0.15, 0.2) is 0 Å². The quantitative estimate of drug-likeness (QED) is 0.527. The van der Waals surface area contributed by atoms with Gasteiger partial charge in [0.1, 0.15) is 0 Å². The zero-order valence-corrected chi connectivity index (χ0v) is 6.69. The fourth-order valence-electron chi connectivity index (χ4n) is 0.535. The van der Waals surface area contributed by atoms with E-state index in [0.717, 1.165) is 0 Å². The minimum absolute atomic E-state index is 0.0143. The summed E-state index contributed by atoms with van der Waals surface area (Å²) in [4.78, 5) is 0. The number of tetrazole rings is 1. The molecular formula is C3H6N5O3S. The van der Waals surface area contributed by atoms with Crippen LogP contribution in [0.3, 0.4) is 0 Å². The van der Waals surface area contributed by atoms with E-state index in [1.807, 2.05) is 4.72 Å². The highest BCUT2D eigenvalue weighted by Crippen LogP contribution is 1.77. The maximum atomic E-state index is 10.1. The molecule has 0 aliphatic carbocycles. The van der Waals surface area contributed by atoms with Crippen molar-refractivity contribution in [3.05, 3.63) is 6.33 Å². The second-order valence-corrected chi connectivity index (χ2v) is 3.11. The van der Waals surface area contributed by atoms with E-state index in [0.29, 0.717) is 0 Å². The first-order valence-corrected chi connectivity index (χ1v) is 4.38. The first-order valence-electron chi connectivity index (χ1n) is 2.94. The van der Waals surface area contributed by atoms with Gasteiger partial charge in [-0.05, 0) is 10.4 Å². The van der Waals surface area contributed by atoms with E-state index in [-0.39, 0.29) is 13.1 Å². The van der Waals surface area contributed by atoms with E-state index in [4.69, 9.17) is 4.55 Å². The van der Waals surface area contributed by atoms with Gasteiger partial charge in [0, 0.05) is 6.54 Å². The van der Waals surface area contributed by atoms with E-state index >= 15 is 0 Å². The van der Waals surface area contributed by atoms with Crippen molar-refractivity contribution in [3.63, 3.8) is 0 Å². The summed E-state index contributed by atoms with van der Waals surface area (Å²) in [6, 6.07) is 0. The van der Waals surface area contributed by atoms with E-state index in [2.05, 4.69) is 21.9 Å². The highest BCUT2D eigenvalue weighted by molar-refractivity contribution is 7.83. The van der Waals surface area contributed by atoms with Crippen LogP contribution in [0.2, 0.25) is 0 Å². The standard InChI is InChI=1S/C3H6N5O3S/c9-12(10,11)5-1-2-8-3-4-6-7-8/h5H,1-2H2,(H,9,10,11). The normalized spacial score (nSPS) is 11.8. The Balaban J connectivity index is 2.29. The number of rotatable bonds is 4. The summed E-state index contributed by atoms with van der Waals surface area (Å²) >= 11 is 0. The highest BCUT2D eigenvalue weighted by Gasteiger charge is 2.01. The Morgan fingerprint density at radius 3 is 2.83 bits per heavy atom. The van der Waals surface area contributed by atoms with Crippen LogP contribution in [0.25, 0.3) is 0 Å². The Morgan fingerprint density at radius 1 is 1.58 bits per heavy atom. The number of hydrogen-bond donors (Lipinski definition) is 2. The van der Waals surface area contributed by atoms with Gasteiger partial charge in [0.2, 0.25) is 6.33 Å². The van der Waals surface area contributed by atoms with Gasteiger partial charge in [-0.1, -0.05) is 0 Å². The van der Waals surface area contributed by atoms with Crippen LogP contribution in [0, 0.1) is 6.33 Å². The monoisotopic (exact) mass is 192 g/mol. The summed E-state index contributed by atoms with van der Waals surface area (Å²) in [7, 11) is -4.12. The molecule has 1 aromatic rings. The molecule has 67 valence electrons. The third-order valence-corrected chi connectivity index (χ3v) is 1.53. The fraction of sp³-hybridized carbons (Fsp3) is 0.667. The van der Waals surface area contributed by atoms with E-state index in [1.54, 1.807) is 0 Å². The van der Waals surface area contributed by atoms with Crippen LogP contribution in [-0.4, -0.2) is 39.7 Å². The maximum Gasteiger partial charge on any atom is 0.333 e. The van der Waals surface area contributed by atoms with E-state index < -0.39 is 10.3 Å². The molecule has 0 aliphatic rings. The van der Waals surface area contributed by atoms with Gasteiger partial charge in [-0.15, -0.1) is 5.10 Å². The molecule has 0 saturated heterocycles. The predicted octanol–water partition coefficient (Wildman–Crippen LogP) is -2.13. The van der Waals surface area contributed by atoms with Crippen molar-refractivity contribution in [1.82, 2.24) is 24.9 Å². The Labute approximate surface area is 68.5 Å². The number of aromatic nitrogens is 4. The van der Waals surface area contributed by atoms with Gasteiger partial charge in [-0.25, -0.2) is 4.68 Å². The molecular weight excluding hydrogens is 186 g/mol. The Kier molecular flexibility index (Phi) is 2.68. The minimum atomic E-state index is -4.12. The molecule has 1 rings (SSSR count). The second-order valence-electron chi connectivity index (χ2n) is 1.87. The fourth-order valence-corrected chi connectivity index (χ4v) is 0.884. The molecule has 0 spiro atoms. The van der Waals surface area contributed by atoms with Gasteiger partial charge in [0.25, 0.3) is 0 Å². The molecule has 0 atom stereocenters. The largest absolute Gasteiger partial charge is 0.333 e. The molecule has 1 aromatic heterocycles. The molecule has 0 unspecified atom stereocenters. The molecule has 0 fully saturated rings. The summed E-state index contributed by atoms with van der Waals surface area (Å²) in [5.74, 6) is 0. The van der Waals surface area contributed by atoms with E-state index in [1.165, 1.54) is 4.68 Å². The van der Waals surface area contributed by atoms with Crippen LogP contribution in [0.5, 0.6) is 0 Å². The zero-order valence-electron chi connectivity index (χ0n) is 5.88. The Hall–Kier alpha value is -1.06. The first kappa shape index (κ1) is 9.03. The number of nitrogens with one attached hydrogen (secondary N) is 1. The van der Waals surface area contributed by atoms with Crippen LogP contribution in [0.4, 0.5) is 0 Å². The van der Waals surface area contributed by atoms with Crippen LogP contribution >= 0.6 is 0 Å². The zero-order chi connectivity index (χ0) is 9.03. The number of hydrogen-bond acceptors (Lipinski definition) is 5. The number of nitrogens with zero attached hydrogens (tertiary/aromatic N) is 4. The van der Waals surface area contributed by atoms with Gasteiger partial charge in [0.05, 0.1) is 6.54 Å². The average Bonchev–Trinajstić information content (AvgIpc) is 2.36. The van der Waals surface area contributed by atoms with Crippen molar-refractivity contribution < 1.29 is 13.0 Å². The van der Waals surface area contributed by atoms with Crippen LogP contribution < -0.4 is 4.72 Å². The lowest BCUT2D eigenvalue weighted by atomic mass is 10.7. The predicted molar refractivity (Wildman–Crippen MR) is 36.2 cm³/mol.